The average molecular weight is 367 g/mol. The molecule has 3 nitrogen and oxygen atoms in total. The van der Waals surface area contributed by atoms with Gasteiger partial charge in [-0.05, 0) is 51.3 Å². The molecule has 0 atom stereocenters. The number of phenols is 1. The molecule has 0 saturated carbocycles. The normalized spacial score (nSPS) is 11.7. The van der Waals surface area contributed by atoms with Crippen molar-refractivity contribution >= 4 is 39.2 Å². The van der Waals surface area contributed by atoms with Crippen molar-refractivity contribution in [1.82, 2.24) is 4.57 Å². The van der Waals surface area contributed by atoms with Crippen LogP contribution in [0.3, 0.4) is 0 Å². The van der Waals surface area contributed by atoms with Crippen molar-refractivity contribution in [1.29, 1.82) is 0 Å². The summed E-state index contributed by atoms with van der Waals surface area (Å²) in [7, 11) is 0. The van der Waals surface area contributed by atoms with E-state index in [2.05, 4.69) is 45.7 Å². The van der Waals surface area contributed by atoms with Gasteiger partial charge in [-0.15, -0.1) is 0 Å². The molecule has 0 unspecified atom stereocenters. The molecule has 3 aromatic rings. The summed E-state index contributed by atoms with van der Waals surface area (Å²) in [6.45, 7) is 3.55. The number of aromatic hydroxyl groups is 1. The van der Waals surface area contributed by atoms with Crippen molar-refractivity contribution in [2.75, 3.05) is 0 Å². The van der Waals surface area contributed by atoms with Crippen molar-refractivity contribution < 1.29 is 5.11 Å². The molecule has 114 valence electrons. The van der Waals surface area contributed by atoms with Gasteiger partial charge in [-0.2, -0.15) is 0 Å². The van der Waals surface area contributed by atoms with Crippen molar-refractivity contribution in [2.45, 2.75) is 0 Å². The van der Waals surface area contributed by atoms with Crippen LogP contribution in [0.4, 0.5) is 0 Å². The van der Waals surface area contributed by atoms with Crippen molar-refractivity contribution in [2.24, 2.45) is 4.99 Å². The fourth-order valence-corrected chi connectivity index (χ4v) is 2.96. The number of nitrogens with zero attached hydrogens (tertiary/aromatic N) is 2. The molecule has 0 radical (unpaired) electrons. The predicted octanol–water partition coefficient (Wildman–Crippen LogP) is 5.46. The van der Waals surface area contributed by atoms with Crippen molar-refractivity contribution in [3.05, 3.63) is 72.0 Å². The van der Waals surface area contributed by atoms with Gasteiger partial charge in [0.1, 0.15) is 5.75 Å². The quantitative estimate of drug-likeness (QED) is 0.611. The summed E-state index contributed by atoms with van der Waals surface area (Å²) in [5.41, 5.74) is 3.24. The van der Waals surface area contributed by atoms with Gasteiger partial charge in [-0.25, -0.2) is 0 Å². The van der Waals surface area contributed by atoms with Crippen LogP contribution in [0, 0.1) is 0 Å². The Morgan fingerprint density at radius 2 is 1.83 bits per heavy atom. The van der Waals surface area contributed by atoms with Gasteiger partial charge in [0, 0.05) is 34.7 Å². The number of phenolic OH excluding ortho intramolecular Hbond substituents is 1. The third-order valence-electron chi connectivity index (χ3n) is 3.51. The minimum atomic E-state index is 0.269. The summed E-state index contributed by atoms with van der Waals surface area (Å²) in [5.74, 6) is 0.269. The molecule has 0 aliphatic heterocycles. The molecular formula is C19H15BrN2O. The van der Waals surface area contributed by atoms with E-state index >= 15 is 0 Å². The Morgan fingerprint density at radius 3 is 2.57 bits per heavy atom. The van der Waals surface area contributed by atoms with Crippen LogP contribution in [0.1, 0.15) is 0 Å². The molecule has 1 aromatic heterocycles. The van der Waals surface area contributed by atoms with Crippen LogP contribution in [-0.4, -0.2) is 15.9 Å². The smallest absolute Gasteiger partial charge is 0.115 e. The first-order valence-electron chi connectivity index (χ1n) is 7.09. The van der Waals surface area contributed by atoms with Gasteiger partial charge in [-0.1, -0.05) is 30.8 Å². The van der Waals surface area contributed by atoms with E-state index in [0.717, 1.165) is 26.5 Å². The van der Waals surface area contributed by atoms with Crippen LogP contribution < -0.4 is 0 Å². The summed E-state index contributed by atoms with van der Waals surface area (Å²) in [4.78, 5) is 3.95. The molecule has 23 heavy (non-hydrogen) atoms. The van der Waals surface area contributed by atoms with Gasteiger partial charge in [-0.3, -0.25) is 4.99 Å². The zero-order valence-electron chi connectivity index (χ0n) is 12.4. The largest absolute Gasteiger partial charge is 0.508 e. The van der Waals surface area contributed by atoms with Crippen LogP contribution in [0.15, 0.2) is 77.0 Å². The first-order chi connectivity index (χ1) is 11.2. The highest BCUT2D eigenvalue weighted by Crippen LogP contribution is 2.31. The Bertz CT molecular complexity index is 905. The molecule has 0 aliphatic rings. The number of hydrogen-bond acceptors (Lipinski definition) is 2. The Hall–Kier alpha value is -2.59. The van der Waals surface area contributed by atoms with E-state index in [-0.39, 0.29) is 5.75 Å². The summed E-state index contributed by atoms with van der Waals surface area (Å²) >= 11 is 3.59. The minimum Gasteiger partial charge on any atom is -0.508 e. The molecule has 1 heterocycles. The zero-order valence-corrected chi connectivity index (χ0v) is 13.9. The number of halogens is 1. The fourth-order valence-electron chi connectivity index (χ4n) is 2.41. The zero-order chi connectivity index (χ0) is 16.2. The number of fused-ring (bicyclic) bond motifs is 1. The molecule has 0 spiro atoms. The first kappa shape index (κ1) is 15.3. The number of rotatable bonds is 4. The second-order valence-corrected chi connectivity index (χ2v) is 5.84. The Morgan fingerprint density at radius 1 is 1.09 bits per heavy atom. The Kier molecular flexibility index (Phi) is 4.44. The van der Waals surface area contributed by atoms with E-state index in [4.69, 9.17) is 0 Å². The molecule has 3 rings (SSSR count). The minimum absolute atomic E-state index is 0.269. The molecule has 0 aliphatic carbocycles. The number of hydrogen-bond donors (Lipinski definition) is 1. The van der Waals surface area contributed by atoms with E-state index in [9.17, 15) is 5.11 Å². The second-order valence-electron chi connectivity index (χ2n) is 4.99. The summed E-state index contributed by atoms with van der Waals surface area (Å²) in [5, 5.41) is 10.6. The van der Waals surface area contributed by atoms with E-state index in [1.54, 1.807) is 18.3 Å². The van der Waals surface area contributed by atoms with Gasteiger partial charge in [0.2, 0.25) is 0 Å². The molecule has 0 fully saturated rings. The lowest BCUT2D eigenvalue weighted by Crippen LogP contribution is -1.84. The van der Waals surface area contributed by atoms with Gasteiger partial charge >= 0.3 is 0 Å². The van der Waals surface area contributed by atoms with E-state index in [1.807, 2.05) is 35.2 Å². The maximum atomic E-state index is 9.42. The summed E-state index contributed by atoms with van der Waals surface area (Å²) < 4.78 is 3.08. The van der Waals surface area contributed by atoms with Crippen molar-refractivity contribution in [3.63, 3.8) is 0 Å². The predicted molar refractivity (Wildman–Crippen MR) is 101 cm³/mol. The van der Waals surface area contributed by atoms with Crippen LogP contribution >= 0.6 is 15.9 Å². The van der Waals surface area contributed by atoms with Crippen LogP contribution in [-0.2, 0) is 0 Å². The first-order valence-corrected chi connectivity index (χ1v) is 7.88. The third kappa shape index (κ3) is 3.27. The fraction of sp³-hybridized carbons (Fsp3) is 0. The molecule has 4 heteroatoms. The Balaban J connectivity index is 2.07. The molecule has 1 N–H and O–H groups in total. The molecular weight excluding hydrogens is 352 g/mol. The lowest BCUT2D eigenvalue weighted by atomic mass is 10.0. The average Bonchev–Trinajstić information content (AvgIpc) is 2.88. The molecule has 0 bridgehead atoms. The molecule has 2 aromatic carbocycles. The number of aliphatic imine (C=N–C) groups is 1. The van der Waals surface area contributed by atoms with E-state index in [1.165, 1.54) is 6.20 Å². The maximum Gasteiger partial charge on any atom is 0.115 e. The second kappa shape index (κ2) is 6.67. The van der Waals surface area contributed by atoms with Gasteiger partial charge in [0.15, 0.2) is 0 Å². The SMILES string of the molecule is C=CN=CC=Cn1cc(Br)c2ccc(-c3ccc(O)cc3)cc21. The number of allylic oxidation sites excluding steroid dienone is 1. The number of aromatic nitrogens is 1. The monoisotopic (exact) mass is 366 g/mol. The third-order valence-corrected chi connectivity index (χ3v) is 4.14. The van der Waals surface area contributed by atoms with Gasteiger partial charge in [0.25, 0.3) is 0 Å². The Labute approximate surface area is 143 Å². The summed E-state index contributed by atoms with van der Waals surface area (Å²) in [6.07, 6.45) is 9.01. The highest BCUT2D eigenvalue weighted by atomic mass is 79.9. The van der Waals surface area contributed by atoms with Crippen LogP contribution in [0.25, 0.3) is 28.2 Å². The van der Waals surface area contributed by atoms with Crippen LogP contribution in [0.2, 0.25) is 0 Å². The van der Waals surface area contributed by atoms with Crippen LogP contribution in [0.5, 0.6) is 5.75 Å². The van der Waals surface area contributed by atoms with Gasteiger partial charge < -0.3 is 9.67 Å². The van der Waals surface area contributed by atoms with Gasteiger partial charge in [0.05, 0.1) is 5.52 Å². The highest BCUT2D eigenvalue weighted by Gasteiger charge is 2.07. The summed E-state index contributed by atoms with van der Waals surface area (Å²) in [6, 6.07) is 13.5. The lowest BCUT2D eigenvalue weighted by Gasteiger charge is -2.04. The molecule has 0 amide bonds. The van der Waals surface area contributed by atoms with Crippen molar-refractivity contribution in [3.8, 4) is 16.9 Å². The van der Waals surface area contributed by atoms with E-state index < -0.39 is 0 Å². The number of benzene rings is 2. The maximum absolute atomic E-state index is 9.42. The lowest BCUT2D eigenvalue weighted by molar-refractivity contribution is 0.475. The topological polar surface area (TPSA) is 37.5 Å². The molecule has 0 saturated heterocycles. The highest BCUT2D eigenvalue weighted by molar-refractivity contribution is 9.10. The standard InChI is InChI=1S/C19H15BrN2O/c1-2-21-10-3-11-22-13-18(20)17-9-6-15(12-19(17)22)14-4-7-16(23)8-5-14/h2-13,23H,1H2. The van der Waals surface area contributed by atoms with E-state index in [0.29, 0.717) is 0 Å².